The highest BCUT2D eigenvalue weighted by molar-refractivity contribution is 6.73. The summed E-state index contributed by atoms with van der Waals surface area (Å²) in [4.78, 5) is 26.7. The first kappa shape index (κ1) is 20.4. The summed E-state index contributed by atoms with van der Waals surface area (Å²) in [6, 6.07) is 2.89. The van der Waals surface area contributed by atoms with Crippen LogP contribution in [-0.4, -0.2) is 43.0 Å². The fraction of sp³-hybridized carbons (Fsp3) is 0.895. The van der Waals surface area contributed by atoms with Crippen molar-refractivity contribution in [2.75, 3.05) is 0 Å². The minimum absolute atomic E-state index is 0.138. The molecule has 0 unspecified atom stereocenters. The van der Waals surface area contributed by atoms with Crippen molar-refractivity contribution in [3.05, 3.63) is 0 Å². The van der Waals surface area contributed by atoms with Crippen LogP contribution in [0.1, 0.15) is 67.2 Å². The Kier molecular flexibility index (Phi) is 6.36. The molecule has 0 N–H and O–H groups in total. The van der Waals surface area contributed by atoms with Gasteiger partial charge in [-0.3, -0.25) is 4.79 Å². The topological polar surface area (TPSA) is 55.8 Å². The number of carbonyl (C=O) groups excluding carboxylic acids is 2. The highest BCUT2D eigenvalue weighted by Crippen LogP contribution is 2.41. The molecule has 2 fully saturated rings. The molecule has 0 radical (unpaired) electrons. The van der Waals surface area contributed by atoms with Crippen molar-refractivity contribution in [2.45, 2.75) is 103 Å². The highest BCUT2D eigenvalue weighted by Gasteiger charge is 2.58. The van der Waals surface area contributed by atoms with Crippen LogP contribution in [0, 0.1) is 5.92 Å². The molecule has 144 valence electrons. The third-order valence-corrected chi connectivity index (χ3v) is 10.5. The number of β-lactam (4-membered cyclic amide) rings is 1. The van der Waals surface area contributed by atoms with E-state index < -0.39 is 26.1 Å². The van der Waals surface area contributed by atoms with Crippen LogP contribution in [0.2, 0.25) is 18.1 Å². The van der Waals surface area contributed by atoms with Crippen molar-refractivity contribution in [3.63, 3.8) is 0 Å². The lowest BCUT2D eigenvalue weighted by Crippen LogP contribution is -2.72. The van der Waals surface area contributed by atoms with Gasteiger partial charge in [-0.25, -0.2) is 9.69 Å². The summed E-state index contributed by atoms with van der Waals surface area (Å²) in [5.41, 5.74) is -0.599. The lowest BCUT2D eigenvalue weighted by atomic mass is 9.85. The van der Waals surface area contributed by atoms with Crippen LogP contribution in [0.25, 0.3) is 0 Å². The fourth-order valence-electron chi connectivity index (χ4n) is 4.15. The SMILES string of the molecule is CC[Si](CC)(CC)O[C@@H]1C(=O)N(C(=O)OC(C)(C)C)[C@@H]1C1CCCC1. The smallest absolute Gasteiger partial charge is 0.417 e. The van der Waals surface area contributed by atoms with Crippen LogP contribution in [0.15, 0.2) is 0 Å². The Bertz CT molecular complexity index is 484. The zero-order valence-electron chi connectivity index (χ0n) is 16.8. The standard InChI is InChI=1S/C19H35NO4Si/c1-7-25(8-2,9-3)24-16-15(14-12-10-11-13-14)20(17(16)21)18(22)23-19(4,5)6/h14-16H,7-13H2,1-6H3/t15-,16+/m1/s1. The lowest BCUT2D eigenvalue weighted by molar-refractivity contribution is -0.166. The third-order valence-electron chi connectivity index (χ3n) is 5.87. The van der Waals surface area contributed by atoms with Crippen LogP contribution < -0.4 is 0 Å². The predicted molar refractivity (Wildman–Crippen MR) is 101 cm³/mol. The van der Waals surface area contributed by atoms with E-state index in [4.69, 9.17) is 9.16 Å². The minimum atomic E-state index is -1.90. The molecular formula is C19H35NO4Si. The molecule has 0 aromatic carbocycles. The summed E-state index contributed by atoms with van der Waals surface area (Å²) in [7, 11) is -1.90. The Morgan fingerprint density at radius 2 is 1.64 bits per heavy atom. The molecule has 0 spiro atoms. The van der Waals surface area contributed by atoms with Gasteiger partial charge in [0, 0.05) is 0 Å². The number of amides is 2. The van der Waals surface area contributed by atoms with Crippen LogP contribution in [-0.2, 0) is 14.0 Å². The van der Waals surface area contributed by atoms with Crippen molar-refractivity contribution >= 4 is 20.3 Å². The monoisotopic (exact) mass is 369 g/mol. The molecule has 2 rings (SSSR count). The van der Waals surface area contributed by atoms with Crippen LogP contribution in [0.3, 0.4) is 0 Å². The van der Waals surface area contributed by atoms with Gasteiger partial charge >= 0.3 is 6.09 Å². The van der Waals surface area contributed by atoms with Crippen LogP contribution >= 0.6 is 0 Å². The van der Waals surface area contributed by atoms with Gasteiger partial charge in [0.2, 0.25) is 0 Å². The van der Waals surface area contributed by atoms with Gasteiger partial charge in [-0.1, -0.05) is 33.6 Å². The average molecular weight is 370 g/mol. The van der Waals surface area contributed by atoms with E-state index >= 15 is 0 Å². The number of hydrogen-bond acceptors (Lipinski definition) is 4. The lowest BCUT2D eigenvalue weighted by Gasteiger charge is -2.50. The Hall–Kier alpha value is -0.883. The molecule has 0 aromatic heterocycles. The van der Waals surface area contributed by atoms with E-state index in [1.54, 1.807) is 0 Å². The molecule has 1 saturated carbocycles. The summed E-state index contributed by atoms with van der Waals surface area (Å²) in [6.45, 7) is 12.0. The molecule has 2 atom stereocenters. The number of ether oxygens (including phenoxy) is 1. The molecule has 2 aliphatic rings. The van der Waals surface area contributed by atoms with Gasteiger partial charge < -0.3 is 9.16 Å². The first-order valence-corrected chi connectivity index (χ1v) is 12.4. The average Bonchev–Trinajstić information content (AvgIpc) is 3.05. The number of rotatable bonds is 6. The summed E-state index contributed by atoms with van der Waals surface area (Å²) in [5, 5.41) is 0. The Morgan fingerprint density at radius 1 is 1.12 bits per heavy atom. The third kappa shape index (κ3) is 4.27. The predicted octanol–water partition coefficient (Wildman–Crippen LogP) is 4.71. The molecule has 0 aromatic rings. The summed E-state index contributed by atoms with van der Waals surface area (Å²) >= 11 is 0. The maximum atomic E-state index is 12.8. The van der Waals surface area contributed by atoms with E-state index in [-0.39, 0.29) is 11.9 Å². The van der Waals surface area contributed by atoms with E-state index in [1.807, 2.05) is 20.8 Å². The molecule has 1 heterocycles. The highest BCUT2D eigenvalue weighted by atomic mass is 28.4. The number of nitrogens with zero attached hydrogens (tertiary/aromatic N) is 1. The molecule has 6 heteroatoms. The molecule has 25 heavy (non-hydrogen) atoms. The number of likely N-dealkylation sites (tertiary alicyclic amines) is 1. The summed E-state index contributed by atoms with van der Waals surface area (Å²) in [6.07, 6.45) is 3.52. The molecule has 1 saturated heterocycles. The number of carbonyl (C=O) groups is 2. The zero-order chi connectivity index (χ0) is 18.8. The summed E-state index contributed by atoms with van der Waals surface area (Å²) < 4.78 is 12.0. The second-order valence-electron chi connectivity index (χ2n) is 8.51. The van der Waals surface area contributed by atoms with Gasteiger partial charge in [-0.05, 0) is 57.7 Å². The van der Waals surface area contributed by atoms with Gasteiger partial charge in [0.05, 0.1) is 6.04 Å². The Labute approximate surface area is 153 Å². The van der Waals surface area contributed by atoms with Crippen molar-refractivity contribution in [2.24, 2.45) is 5.92 Å². The van der Waals surface area contributed by atoms with Gasteiger partial charge in [-0.2, -0.15) is 0 Å². The van der Waals surface area contributed by atoms with E-state index in [1.165, 1.54) is 17.7 Å². The zero-order valence-corrected chi connectivity index (χ0v) is 17.8. The first-order valence-electron chi connectivity index (χ1n) is 9.92. The van der Waals surface area contributed by atoms with E-state index in [0.717, 1.165) is 31.0 Å². The van der Waals surface area contributed by atoms with Crippen LogP contribution in [0.5, 0.6) is 0 Å². The van der Waals surface area contributed by atoms with E-state index in [9.17, 15) is 9.59 Å². The molecule has 5 nitrogen and oxygen atoms in total. The second kappa shape index (κ2) is 7.78. The van der Waals surface area contributed by atoms with Gasteiger partial charge in [0.15, 0.2) is 8.32 Å². The Morgan fingerprint density at radius 3 is 2.08 bits per heavy atom. The maximum Gasteiger partial charge on any atom is 0.417 e. The quantitative estimate of drug-likeness (QED) is 0.502. The van der Waals surface area contributed by atoms with Crippen molar-refractivity contribution < 1.29 is 18.8 Å². The van der Waals surface area contributed by atoms with Crippen molar-refractivity contribution in [1.82, 2.24) is 4.90 Å². The number of hydrogen-bond donors (Lipinski definition) is 0. The van der Waals surface area contributed by atoms with Gasteiger partial charge in [-0.15, -0.1) is 0 Å². The fourth-order valence-corrected chi connectivity index (χ4v) is 6.93. The second-order valence-corrected chi connectivity index (χ2v) is 13.2. The van der Waals surface area contributed by atoms with Crippen LogP contribution in [0.4, 0.5) is 4.79 Å². The van der Waals surface area contributed by atoms with E-state index in [0.29, 0.717) is 5.92 Å². The molecular weight excluding hydrogens is 334 g/mol. The van der Waals surface area contributed by atoms with Crippen molar-refractivity contribution in [3.8, 4) is 0 Å². The number of imide groups is 1. The van der Waals surface area contributed by atoms with Crippen molar-refractivity contribution in [1.29, 1.82) is 0 Å². The molecule has 1 aliphatic carbocycles. The van der Waals surface area contributed by atoms with E-state index in [2.05, 4.69) is 20.8 Å². The Balaban J connectivity index is 2.20. The largest absolute Gasteiger partial charge is 0.443 e. The normalized spacial score (nSPS) is 25.2. The molecule has 2 amide bonds. The molecule has 0 bridgehead atoms. The molecule has 1 aliphatic heterocycles. The minimum Gasteiger partial charge on any atom is -0.443 e. The summed E-state index contributed by atoms with van der Waals surface area (Å²) in [5.74, 6) is 0.158. The maximum absolute atomic E-state index is 12.8. The first-order chi connectivity index (χ1) is 11.7. The van der Waals surface area contributed by atoms with Gasteiger partial charge in [0.1, 0.15) is 11.7 Å². The van der Waals surface area contributed by atoms with Gasteiger partial charge in [0.25, 0.3) is 5.91 Å².